The van der Waals surface area contributed by atoms with Crippen molar-refractivity contribution >= 4 is 29.0 Å². The zero-order chi connectivity index (χ0) is 19.4. The van der Waals surface area contributed by atoms with Crippen LogP contribution in [0.15, 0.2) is 42.5 Å². The highest BCUT2D eigenvalue weighted by molar-refractivity contribution is 6.33. The van der Waals surface area contributed by atoms with E-state index in [-0.39, 0.29) is 24.5 Å². The number of halogens is 1. The predicted molar refractivity (Wildman–Crippen MR) is 110 cm³/mol. The summed E-state index contributed by atoms with van der Waals surface area (Å²) in [5.41, 5.74) is 3.97. The molecule has 1 aliphatic heterocycles. The molecule has 3 rings (SSSR count). The molecule has 1 amide bonds. The van der Waals surface area contributed by atoms with Gasteiger partial charge in [-0.3, -0.25) is 9.59 Å². The molecule has 0 saturated carbocycles. The maximum atomic E-state index is 12.5. The Morgan fingerprint density at radius 3 is 2.30 bits per heavy atom. The van der Waals surface area contributed by atoms with Crippen LogP contribution in [0.25, 0.3) is 0 Å². The van der Waals surface area contributed by atoms with Crippen molar-refractivity contribution in [3.05, 3.63) is 64.2 Å². The standard InChI is InChI=1S/C22H25ClN2O2/c1-16-7-8-18(15-17(16)2)21(26)9-10-22(27)25-13-11-24(12-14-25)20-6-4-3-5-19(20)23/h3-8,15H,9-14H2,1-2H3. The average molecular weight is 385 g/mol. The average Bonchev–Trinajstić information content (AvgIpc) is 2.68. The fraction of sp³-hybridized carbons (Fsp3) is 0.364. The fourth-order valence-electron chi connectivity index (χ4n) is 3.34. The van der Waals surface area contributed by atoms with Gasteiger partial charge in [-0.05, 0) is 43.2 Å². The molecule has 0 N–H and O–H groups in total. The number of para-hydroxylation sites is 1. The van der Waals surface area contributed by atoms with E-state index >= 15 is 0 Å². The summed E-state index contributed by atoms with van der Waals surface area (Å²) in [6, 6.07) is 13.5. The minimum absolute atomic E-state index is 0.0288. The second-order valence-electron chi connectivity index (χ2n) is 7.04. The van der Waals surface area contributed by atoms with Gasteiger partial charge in [0, 0.05) is 44.6 Å². The van der Waals surface area contributed by atoms with Crippen LogP contribution in [0.3, 0.4) is 0 Å². The van der Waals surface area contributed by atoms with Crippen molar-refractivity contribution in [2.24, 2.45) is 0 Å². The van der Waals surface area contributed by atoms with Crippen LogP contribution in [0.4, 0.5) is 5.69 Å². The highest BCUT2D eigenvalue weighted by atomic mass is 35.5. The lowest BCUT2D eigenvalue weighted by molar-refractivity contribution is -0.131. The molecule has 0 aromatic heterocycles. The van der Waals surface area contributed by atoms with Gasteiger partial charge in [-0.15, -0.1) is 0 Å². The van der Waals surface area contributed by atoms with Crippen molar-refractivity contribution in [3.63, 3.8) is 0 Å². The molecule has 1 fully saturated rings. The summed E-state index contributed by atoms with van der Waals surface area (Å²) in [5.74, 6) is 0.0761. The van der Waals surface area contributed by atoms with Crippen LogP contribution in [0.5, 0.6) is 0 Å². The lowest BCUT2D eigenvalue weighted by Crippen LogP contribution is -2.48. The van der Waals surface area contributed by atoms with E-state index in [0.717, 1.165) is 29.4 Å². The van der Waals surface area contributed by atoms with E-state index in [9.17, 15) is 9.59 Å². The van der Waals surface area contributed by atoms with Crippen LogP contribution < -0.4 is 4.90 Å². The van der Waals surface area contributed by atoms with E-state index in [4.69, 9.17) is 11.6 Å². The first-order valence-electron chi connectivity index (χ1n) is 9.33. The van der Waals surface area contributed by atoms with Gasteiger partial charge in [-0.1, -0.05) is 35.9 Å². The molecule has 5 heteroatoms. The number of anilines is 1. The number of hydrogen-bond donors (Lipinski definition) is 0. The fourth-order valence-corrected chi connectivity index (χ4v) is 3.60. The van der Waals surface area contributed by atoms with Crippen molar-refractivity contribution in [1.29, 1.82) is 0 Å². The molecule has 1 saturated heterocycles. The number of carbonyl (C=O) groups is 2. The zero-order valence-corrected chi connectivity index (χ0v) is 16.6. The van der Waals surface area contributed by atoms with Gasteiger partial charge < -0.3 is 9.80 Å². The first-order chi connectivity index (χ1) is 13.0. The van der Waals surface area contributed by atoms with Crippen molar-refractivity contribution in [2.75, 3.05) is 31.1 Å². The van der Waals surface area contributed by atoms with Crippen LogP contribution in [0, 0.1) is 13.8 Å². The molecule has 1 aliphatic rings. The maximum Gasteiger partial charge on any atom is 0.223 e. The summed E-state index contributed by atoms with van der Waals surface area (Å²) in [7, 11) is 0. The number of carbonyl (C=O) groups excluding carboxylic acids is 2. The molecule has 0 atom stereocenters. The van der Waals surface area contributed by atoms with Gasteiger partial charge in [0.15, 0.2) is 5.78 Å². The molecule has 0 aliphatic carbocycles. The second-order valence-corrected chi connectivity index (χ2v) is 7.45. The number of ketones is 1. The number of rotatable bonds is 5. The Bertz CT molecular complexity index is 842. The molecule has 1 heterocycles. The van der Waals surface area contributed by atoms with Gasteiger partial charge in [0.25, 0.3) is 0 Å². The van der Waals surface area contributed by atoms with Gasteiger partial charge in [0.05, 0.1) is 10.7 Å². The van der Waals surface area contributed by atoms with E-state index in [0.29, 0.717) is 18.7 Å². The zero-order valence-electron chi connectivity index (χ0n) is 15.9. The third kappa shape index (κ3) is 4.69. The second kappa shape index (κ2) is 8.57. The van der Waals surface area contributed by atoms with Crippen molar-refractivity contribution < 1.29 is 9.59 Å². The Kier molecular flexibility index (Phi) is 6.17. The first kappa shape index (κ1) is 19.4. The van der Waals surface area contributed by atoms with Gasteiger partial charge in [0.2, 0.25) is 5.91 Å². The Labute approximate surface area is 165 Å². The minimum atomic E-state index is 0.0288. The lowest BCUT2D eigenvalue weighted by atomic mass is 10.0. The Morgan fingerprint density at radius 1 is 0.926 bits per heavy atom. The Balaban J connectivity index is 1.50. The van der Waals surface area contributed by atoms with E-state index in [1.165, 1.54) is 5.56 Å². The van der Waals surface area contributed by atoms with E-state index in [2.05, 4.69) is 4.90 Å². The molecule has 27 heavy (non-hydrogen) atoms. The first-order valence-corrected chi connectivity index (χ1v) is 9.71. The van der Waals surface area contributed by atoms with Crippen LogP contribution in [-0.2, 0) is 4.79 Å². The monoisotopic (exact) mass is 384 g/mol. The minimum Gasteiger partial charge on any atom is -0.367 e. The Morgan fingerprint density at radius 2 is 1.63 bits per heavy atom. The summed E-state index contributed by atoms with van der Waals surface area (Å²) >= 11 is 6.26. The Hall–Kier alpha value is -2.33. The highest BCUT2D eigenvalue weighted by Gasteiger charge is 2.22. The molecule has 0 bridgehead atoms. The molecule has 2 aromatic rings. The van der Waals surface area contributed by atoms with Crippen molar-refractivity contribution in [2.45, 2.75) is 26.7 Å². The van der Waals surface area contributed by atoms with E-state index in [1.54, 1.807) is 0 Å². The third-order valence-electron chi connectivity index (χ3n) is 5.22. The number of nitrogens with zero attached hydrogens (tertiary/aromatic N) is 2. The molecule has 2 aromatic carbocycles. The largest absolute Gasteiger partial charge is 0.367 e. The summed E-state index contributed by atoms with van der Waals surface area (Å²) in [5, 5.41) is 0.733. The number of piperazine rings is 1. The smallest absolute Gasteiger partial charge is 0.223 e. The summed E-state index contributed by atoms with van der Waals surface area (Å²) in [6.07, 6.45) is 0.518. The quantitative estimate of drug-likeness (QED) is 0.723. The van der Waals surface area contributed by atoms with Crippen LogP contribution >= 0.6 is 11.6 Å². The number of hydrogen-bond acceptors (Lipinski definition) is 3. The van der Waals surface area contributed by atoms with Crippen molar-refractivity contribution in [1.82, 2.24) is 4.90 Å². The van der Waals surface area contributed by atoms with Gasteiger partial charge in [0.1, 0.15) is 0 Å². The summed E-state index contributed by atoms with van der Waals surface area (Å²) in [4.78, 5) is 28.9. The number of Topliss-reactive ketones (excluding diaryl/α,β-unsaturated/α-hetero) is 1. The van der Waals surface area contributed by atoms with Gasteiger partial charge in [-0.2, -0.15) is 0 Å². The number of benzene rings is 2. The van der Waals surface area contributed by atoms with Gasteiger partial charge >= 0.3 is 0 Å². The molecule has 0 unspecified atom stereocenters. The topological polar surface area (TPSA) is 40.6 Å². The third-order valence-corrected chi connectivity index (χ3v) is 5.54. The molecule has 0 radical (unpaired) electrons. The highest BCUT2D eigenvalue weighted by Crippen LogP contribution is 2.26. The van der Waals surface area contributed by atoms with Gasteiger partial charge in [-0.25, -0.2) is 0 Å². The van der Waals surface area contributed by atoms with E-state index < -0.39 is 0 Å². The number of aryl methyl sites for hydroxylation is 2. The van der Waals surface area contributed by atoms with Crippen LogP contribution in [0.2, 0.25) is 5.02 Å². The SMILES string of the molecule is Cc1ccc(C(=O)CCC(=O)N2CCN(c3ccccc3Cl)CC2)cc1C. The molecule has 142 valence electrons. The molecular formula is C22H25ClN2O2. The molecular weight excluding hydrogens is 360 g/mol. The maximum absolute atomic E-state index is 12.5. The van der Waals surface area contributed by atoms with Crippen LogP contribution in [-0.4, -0.2) is 42.8 Å². The van der Waals surface area contributed by atoms with E-state index in [1.807, 2.05) is 61.2 Å². The molecule has 4 nitrogen and oxygen atoms in total. The van der Waals surface area contributed by atoms with Crippen LogP contribution in [0.1, 0.15) is 34.3 Å². The molecule has 0 spiro atoms. The van der Waals surface area contributed by atoms with Crippen molar-refractivity contribution in [3.8, 4) is 0 Å². The predicted octanol–water partition coefficient (Wildman–Crippen LogP) is 4.27. The summed E-state index contributed by atoms with van der Waals surface area (Å²) < 4.78 is 0. The number of amides is 1. The summed E-state index contributed by atoms with van der Waals surface area (Å²) in [6.45, 7) is 6.83. The normalized spacial score (nSPS) is 14.3. The lowest BCUT2D eigenvalue weighted by Gasteiger charge is -2.36.